The number of amides is 1. The minimum atomic E-state index is -0.472. The molecule has 2 aromatic carbocycles. The van der Waals surface area contributed by atoms with Crippen LogP contribution >= 0.6 is 0 Å². The number of aromatic hydroxyl groups is 1. The van der Waals surface area contributed by atoms with Crippen LogP contribution in [-0.4, -0.2) is 44.4 Å². The molecule has 7 heteroatoms. The quantitative estimate of drug-likeness (QED) is 0.607. The van der Waals surface area contributed by atoms with Crippen molar-refractivity contribution in [2.45, 2.75) is 19.3 Å². The van der Waals surface area contributed by atoms with Crippen LogP contribution in [0.2, 0.25) is 0 Å². The highest BCUT2D eigenvalue weighted by Crippen LogP contribution is 2.26. The highest BCUT2D eigenvalue weighted by Gasteiger charge is 2.09. The number of phenolic OH excluding ortho intramolecular Hbond substituents is 1. The Morgan fingerprint density at radius 1 is 0.964 bits per heavy atom. The molecule has 0 heterocycles. The van der Waals surface area contributed by atoms with Crippen LogP contribution in [-0.2, 0) is 27.2 Å². The van der Waals surface area contributed by atoms with Gasteiger partial charge in [-0.05, 0) is 48.2 Å². The van der Waals surface area contributed by atoms with Crippen molar-refractivity contribution < 1.29 is 28.9 Å². The molecule has 0 fully saturated rings. The Labute approximate surface area is 164 Å². The van der Waals surface area contributed by atoms with Crippen LogP contribution in [0.3, 0.4) is 0 Å². The van der Waals surface area contributed by atoms with E-state index in [2.05, 4.69) is 5.32 Å². The van der Waals surface area contributed by atoms with E-state index in [9.17, 15) is 14.7 Å². The summed E-state index contributed by atoms with van der Waals surface area (Å²) in [6, 6.07) is 12.5. The highest BCUT2D eigenvalue weighted by molar-refractivity contribution is 5.80. The molecule has 150 valence electrons. The summed E-state index contributed by atoms with van der Waals surface area (Å²) in [7, 11) is 3.07. The van der Waals surface area contributed by atoms with Crippen molar-refractivity contribution in [1.29, 1.82) is 0 Å². The molecule has 28 heavy (non-hydrogen) atoms. The van der Waals surface area contributed by atoms with Gasteiger partial charge in [0.15, 0.2) is 18.1 Å². The zero-order valence-electron chi connectivity index (χ0n) is 16.1. The Bertz CT molecular complexity index is 788. The SMILES string of the molecule is COc1ccc(CCNC(=O)COC(=O)CCc2ccc(OC)c(O)c2)cc1. The molecule has 0 atom stereocenters. The number of methoxy groups -OCH3 is 2. The number of hydrogen-bond donors (Lipinski definition) is 2. The second-order valence-electron chi connectivity index (χ2n) is 6.11. The number of ether oxygens (including phenoxy) is 3. The molecule has 0 aliphatic carbocycles. The van der Waals surface area contributed by atoms with Crippen molar-refractivity contribution in [1.82, 2.24) is 5.32 Å². The van der Waals surface area contributed by atoms with Crippen LogP contribution in [0.1, 0.15) is 17.5 Å². The normalized spacial score (nSPS) is 10.2. The molecule has 2 N–H and O–H groups in total. The number of benzene rings is 2. The summed E-state index contributed by atoms with van der Waals surface area (Å²) in [6.07, 6.45) is 1.19. The molecule has 0 saturated heterocycles. The lowest BCUT2D eigenvalue weighted by Gasteiger charge is -2.08. The van der Waals surface area contributed by atoms with E-state index in [-0.39, 0.29) is 24.7 Å². The second kappa shape index (κ2) is 10.8. The molecule has 7 nitrogen and oxygen atoms in total. The van der Waals surface area contributed by atoms with Crippen molar-refractivity contribution in [2.24, 2.45) is 0 Å². The van der Waals surface area contributed by atoms with Gasteiger partial charge in [-0.3, -0.25) is 9.59 Å². The van der Waals surface area contributed by atoms with E-state index < -0.39 is 5.97 Å². The summed E-state index contributed by atoms with van der Waals surface area (Å²) in [6.45, 7) is 0.142. The Morgan fingerprint density at radius 2 is 1.68 bits per heavy atom. The van der Waals surface area contributed by atoms with E-state index in [4.69, 9.17) is 14.2 Å². The Kier molecular flexibility index (Phi) is 8.14. The number of hydrogen-bond acceptors (Lipinski definition) is 6. The van der Waals surface area contributed by atoms with Gasteiger partial charge in [0.05, 0.1) is 14.2 Å². The van der Waals surface area contributed by atoms with Gasteiger partial charge in [0.2, 0.25) is 0 Å². The number of rotatable bonds is 10. The van der Waals surface area contributed by atoms with Gasteiger partial charge in [0, 0.05) is 13.0 Å². The summed E-state index contributed by atoms with van der Waals surface area (Å²) in [4.78, 5) is 23.6. The minimum Gasteiger partial charge on any atom is -0.504 e. The third kappa shape index (κ3) is 6.83. The second-order valence-corrected chi connectivity index (χ2v) is 6.11. The van der Waals surface area contributed by atoms with E-state index in [0.29, 0.717) is 25.1 Å². The molecular formula is C21H25NO6. The van der Waals surface area contributed by atoms with E-state index in [1.807, 2.05) is 24.3 Å². The van der Waals surface area contributed by atoms with Gasteiger partial charge >= 0.3 is 5.97 Å². The number of esters is 1. The van der Waals surface area contributed by atoms with Gasteiger partial charge < -0.3 is 24.6 Å². The molecule has 0 aromatic heterocycles. The summed E-state index contributed by atoms with van der Waals surface area (Å²) < 4.78 is 15.0. The summed E-state index contributed by atoms with van der Waals surface area (Å²) in [5.74, 6) is 0.358. The zero-order chi connectivity index (χ0) is 20.4. The van der Waals surface area contributed by atoms with Crippen molar-refractivity contribution in [2.75, 3.05) is 27.4 Å². The third-order valence-electron chi connectivity index (χ3n) is 4.12. The van der Waals surface area contributed by atoms with Crippen molar-refractivity contribution >= 4 is 11.9 Å². The highest BCUT2D eigenvalue weighted by atomic mass is 16.5. The number of nitrogens with one attached hydrogen (secondary N) is 1. The smallest absolute Gasteiger partial charge is 0.306 e. The Balaban J connectivity index is 1.63. The van der Waals surface area contributed by atoms with Gasteiger partial charge in [-0.15, -0.1) is 0 Å². The molecule has 0 unspecified atom stereocenters. The molecular weight excluding hydrogens is 362 g/mol. The average molecular weight is 387 g/mol. The lowest BCUT2D eigenvalue weighted by molar-refractivity contribution is -0.148. The fourth-order valence-electron chi connectivity index (χ4n) is 2.55. The minimum absolute atomic E-state index is 0.0182. The lowest BCUT2D eigenvalue weighted by atomic mass is 10.1. The summed E-state index contributed by atoms with van der Waals surface area (Å²) in [5.41, 5.74) is 1.85. The van der Waals surface area contributed by atoms with Crippen molar-refractivity contribution in [3.8, 4) is 17.2 Å². The predicted molar refractivity (Wildman–Crippen MR) is 104 cm³/mol. The molecule has 0 aliphatic rings. The lowest BCUT2D eigenvalue weighted by Crippen LogP contribution is -2.30. The van der Waals surface area contributed by atoms with Crippen LogP contribution < -0.4 is 14.8 Å². The molecule has 0 saturated carbocycles. The first-order chi connectivity index (χ1) is 13.5. The van der Waals surface area contributed by atoms with Gasteiger partial charge in [0.1, 0.15) is 5.75 Å². The third-order valence-corrected chi connectivity index (χ3v) is 4.12. The van der Waals surface area contributed by atoms with Crippen molar-refractivity contribution in [3.63, 3.8) is 0 Å². The fraction of sp³-hybridized carbons (Fsp3) is 0.333. The Morgan fingerprint density at radius 3 is 2.32 bits per heavy atom. The maximum Gasteiger partial charge on any atom is 0.306 e. The fourth-order valence-corrected chi connectivity index (χ4v) is 2.55. The molecule has 2 rings (SSSR count). The van der Waals surface area contributed by atoms with Crippen molar-refractivity contribution in [3.05, 3.63) is 53.6 Å². The van der Waals surface area contributed by atoms with E-state index >= 15 is 0 Å². The molecule has 0 spiro atoms. The van der Waals surface area contributed by atoms with Crippen LogP contribution in [0, 0.1) is 0 Å². The standard InChI is InChI=1S/C21H25NO6/c1-26-17-7-3-15(4-8-17)11-12-22-20(24)14-28-21(25)10-6-16-5-9-19(27-2)18(23)13-16/h3-5,7-9,13,23H,6,10-12,14H2,1-2H3,(H,22,24). The molecule has 1 amide bonds. The van der Waals surface area contributed by atoms with Gasteiger partial charge in [-0.2, -0.15) is 0 Å². The topological polar surface area (TPSA) is 94.1 Å². The largest absolute Gasteiger partial charge is 0.504 e. The number of phenols is 1. The molecule has 0 aliphatic heterocycles. The van der Waals surface area contributed by atoms with Gasteiger partial charge in [0.25, 0.3) is 5.91 Å². The summed E-state index contributed by atoms with van der Waals surface area (Å²) in [5, 5.41) is 12.4. The first kappa shape index (κ1) is 21.1. The van der Waals surface area contributed by atoms with E-state index in [1.165, 1.54) is 13.2 Å². The predicted octanol–water partition coefficient (Wildman–Crippen LogP) is 2.24. The van der Waals surface area contributed by atoms with Crippen LogP contribution in [0.25, 0.3) is 0 Å². The van der Waals surface area contributed by atoms with Crippen LogP contribution in [0.4, 0.5) is 0 Å². The van der Waals surface area contributed by atoms with Crippen LogP contribution in [0.15, 0.2) is 42.5 Å². The Hall–Kier alpha value is -3.22. The monoisotopic (exact) mass is 387 g/mol. The number of carbonyl (C=O) groups excluding carboxylic acids is 2. The van der Waals surface area contributed by atoms with Gasteiger partial charge in [-0.1, -0.05) is 18.2 Å². The van der Waals surface area contributed by atoms with Gasteiger partial charge in [-0.25, -0.2) is 0 Å². The summed E-state index contributed by atoms with van der Waals surface area (Å²) >= 11 is 0. The first-order valence-electron chi connectivity index (χ1n) is 8.93. The average Bonchev–Trinajstić information content (AvgIpc) is 2.71. The van der Waals surface area contributed by atoms with E-state index in [0.717, 1.165) is 16.9 Å². The maximum atomic E-state index is 11.8. The van der Waals surface area contributed by atoms with E-state index in [1.54, 1.807) is 19.2 Å². The van der Waals surface area contributed by atoms with Crippen LogP contribution in [0.5, 0.6) is 17.2 Å². The maximum absolute atomic E-state index is 11.8. The number of carbonyl (C=O) groups is 2. The molecule has 0 bridgehead atoms. The number of aryl methyl sites for hydroxylation is 1. The molecule has 2 aromatic rings. The first-order valence-corrected chi connectivity index (χ1v) is 8.93. The molecule has 0 radical (unpaired) electrons. The zero-order valence-corrected chi connectivity index (χ0v) is 16.1.